The van der Waals surface area contributed by atoms with Crippen LogP contribution >= 0.6 is 11.3 Å². The first-order valence-corrected chi connectivity index (χ1v) is 5.80. The molecule has 1 unspecified atom stereocenters. The maximum absolute atomic E-state index is 11.7. The van der Waals surface area contributed by atoms with E-state index in [1.54, 1.807) is 12.0 Å². The molecule has 6 heteroatoms. The Morgan fingerprint density at radius 1 is 1.69 bits per heavy atom. The number of aromatic nitrogens is 2. The van der Waals surface area contributed by atoms with Crippen LogP contribution in [0.25, 0.3) is 0 Å². The summed E-state index contributed by atoms with van der Waals surface area (Å²) in [5.41, 5.74) is 0. The van der Waals surface area contributed by atoms with Crippen molar-refractivity contribution < 1.29 is 9.53 Å². The molecular weight excluding hydrogens is 226 g/mol. The monoisotopic (exact) mass is 239 g/mol. The van der Waals surface area contributed by atoms with Crippen molar-refractivity contribution >= 4 is 22.4 Å². The second-order valence-electron chi connectivity index (χ2n) is 3.62. The molecular formula is C10H13N3O2S. The summed E-state index contributed by atoms with van der Waals surface area (Å²) in [5.74, 6) is 0.312. The van der Waals surface area contributed by atoms with E-state index in [1.165, 1.54) is 11.3 Å². The Hall–Kier alpha value is -1.27. The van der Waals surface area contributed by atoms with Crippen LogP contribution in [0, 0.1) is 5.92 Å². The molecule has 5 nitrogen and oxygen atoms in total. The summed E-state index contributed by atoms with van der Waals surface area (Å²) in [6.45, 7) is 4.80. The van der Waals surface area contributed by atoms with Gasteiger partial charge in [-0.25, -0.2) is 0 Å². The fraction of sp³-hybridized carbons (Fsp3) is 0.500. The number of hydrogen-bond donors (Lipinski definition) is 0. The van der Waals surface area contributed by atoms with Gasteiger partial charge in [-0.15, -0.1) is 16.8 Å². The van der Waals surface area contributed by atoms with Crippen LogP contribution in [0.2, 0.25) is 0 Å². The number of hydrogen-bond acceptors (Lipinski definition) is 5. The average Bonchev–Trinajstić information content (AvgIpc) is 2.85. The van der Waals surface area contributed by atoms with E-state index in [0.29, 0.717) is 24.7 Å². The number of rotatable bonds is 4. The number of methoxy groups -OCH3 is 1. The minimum Gasteiger partial charge on any atom is -0.377 e. The van der Waals surface area contributed by atoms with Crippen LogP contribution in [0.4, 0.5) is 5.13 Å². The number of amides is 1. The highest BCUT2D eigenvalue weighted by atomic mass is 32.1. The Morgan fingerprint density at radius 3 is 3.12 bits per heavy atom. The Bertz CT molecular complexity index is 405. The van der Waals surface area contributed by atoms with Gasteiger partial charge < -0.3 is 4.74 Å². The van der Waals surface area contributed by atoms with E-state index in [0.717, 1.165) is 5.01 Å². The number of carbonyl (C=O) groups is 1. The van der Waals surface area contributed by atoms with E-state index in [-0.39, 0.29) is 11.8 Å². The van der Waals surface area contributed by atoms with Crippen LogP contribution in [0.15, 0.2) is 12.7 Å². The van der Waals surface area contributed by atoms with Crippen molar-refractivity contribution in [1.29, 1.82) is 0 Å². The van der Waals surface area contributed by atoms with Gasteiger partial charge in [-0.2, -0.15) is 0 Å². The van der Waals surface area contributed by atoms with E-state index in [4.69, 9.17) is 4.74 Å². The van der Waals surface area contributed by atoms with Crippen LogP contribution in [-0.2, 0) is 16.1 Å². The lowest BCUT2D eigenvalue weighted by Gasteiger charge is -2.10. The van der Waals surface area contributed by atoms with E-state index in [1.807, 2.05) is 6.08 Å². The number of ether oxygens (including phenoxy) is 1. The van der Waals surface area contributed by atoms with Gasteiger partial charge in [0.2, 0.25) is 11.0 Å². The van der Waals surface area contributed by atoms with Crippen molar-refractivity contribution in [3.8, 4) is 0 Å². The van der Waals surface area contributed by atoms with Gasteiger partial charge >= 0.3 is 0 Å². The second kappa shape index (κ2) is 4.71. The Kier molecular flexibility index (Phi) is 3.31. The highest BCUT2D eigenvalue weighted by Crippen LogP contribution is 2.28. The molecule has 16 heavy (non-hydrogen) atoms. The molecule has 2 heterocycles. The summed E-state index contributed by atoms with van der Waals surface area (Å²) in [5, 5.41) is 9.39. The molecule has 0 N–H and O–H groups in total. The first kappa shape index (κ1) is 11.2. The van der Waals surface area contributed by atoms with Crippen molar-refractivity contribution in [3.05, 3.63) is 17.7 Å². The van der Waals surface area contributed by atoms with Gasteiger partial charge in [0.1, 0.15) is 11.6 Å². The Balaban J connectivity index is 2.11. The summed E-state index contributed by atoms with van der Waals surface area (Å²) >= 11 is 1.39. The fourth-order valence-electron chi connectivity index (χ4n) is 1.61. The standard InChI is InChI=1S/C10H13N3O2S/c1-3-7-4-9(14)13(5-7)10-12-11-8(16-10)6-15-2/h3,7H,1,4-6H2,2H3. The SMILES string of the molecule is C=CC1CC(=O)N(c2nnc(COC)s2)C1. The lowest BCUT2D eigenvalue weighted by Crippen LogP contribution is -2.24. The van der Waals surface area contributed by atoms with Crippen molar-refractivity contribution in [3.63, 3.8) is 0 Å². The molecule has 1 saturated heterocycles. The molecule has 1 fully saturated rings. The Morgan fingerprint density at radius 2 is 2.50 bits per heavy atom. The third kappa shape index (κ3) is 2.12. The van der Waals surface area contributed by atoms with Crippen molar-refractivity contribution in [1.82, 2.24) is 10.2 Å². The summed E-state index contributed by atoms with van der Waals surface area (Å²) in [7, 11) is 1.61. The van der Waals surface area contributed by atoms with Crippen LogP contribution < -0.4 is 4.90 Å². The average molecular weight is 239 g/mol. The molecule has 0 spiro atoms. The van der Waals surface area contributed by atoms with E-state index in [2.05, 4.69) is 16.8 Å². The summed E-state index contributed by atoms with van der Waals surface area (Å²) in [4.78, 5) is 13.4. The topological polar surface area (TPSA) is 55.3 Å². The van der Waals surface area contributed by atoms with Gasteiger partial charge in [0.05, 0.1) is 0 Å². The molecule has 1 aromatic heterocycles. The van der Waals surface area contributed by atoms with Gasteiger partial charge in [0, 0.05) is 26.0 Å². The number of anilines is 1. The van der Waals surface area contributed by atoms with Crippen molar-refractivity contribution in [2.75, 3.05) is 18.6 Å². The highest BCUT2D eigenvalue weighted by molar-refractivity contribution is 7.15. The predicted molar refractivity (Wildman–Crippen MR) is 61.3 cm³/mol. The molecule has 0 aliphatic carbocycles. The minimum absolute atomic E-state index is 0.0880. The summed E-state index contributed by atoms with van der Waals surface area (Å²) in [6.07, 6.45) is 2.33. The van der Waals surface area contributed by atoms with Gasteiger partial charge in [0.15, 0.2) is 0 Å². The van der Waals surface area contributed by atoms with Crippen LogP contribution in [0.5, 0.6) is 0 Å². The first-order valence-electron chi connectivity index (χ1n) is 4.99. The molecule has 2 rings (SSSR count). The van der Waals surface area contributed by atoms with Crippen LogP contribution in [0.3, 0.4) is 0 Å². The Labute approximate surface area is 97.7 Å². The molecule has 0 saturated carbocycles. The maximum atomic E-state index is 11.7. The third-order valence-electron chi connectivity index (χ3n) is 2.44. The largest absolute Gasteiger partial charge is 0.377 e. The molecule has 0 radical (unpaired) electrons. The quantitative estimate of drug-likeness (QED) is 0.741. The van der Waals surface area contributed by atoms with E-state index < -0.39 is 0 Å². The number of nitrogens with zero attached hydrogens (tertiary/aromatic N) is 3. The predicted octanol–water partition coefficient (Wildman–Crippen LogP) is 1.22. The van der Waals surface area contributed by atoms with Gasteiger partial charge in [-0.1, -0.05) is 17.4 Å². The highest BCUT2D eigenvalue weighted by Gasteiger charge is 2.30. The fourth-order valence-corrected chi connectivity index (χ4v) is 2.45. The summed E-state index contributed by atoms with van der Waals surface area (Å²) in [6, 6.07) is 0. The van der Waals surface area contributed by atoms with Crippen molar-refractivity contribution in [2.45, 2.75) is 13.0 Å². The molecule has 1 aliphatic rings. The van der Waals surface area contributed by atoms with Gasteiger partial charge in [-0.3, -0.25) is 9.69 Å². The second-order valence-corrected chi connectivity index (χ2v) is 4.66. The van der Waals surface area contributed by atoms with Gasteiger partial charge in [0.25, 0.3) is 0 Å². The molecule has 1 atom stereocenters. The number of carbonyl (C=O) groups excluding carboxylic acids is 1. The molecule has 1 amide bonds. The summed E-state index contributed by atoms with van der Waals surface area (Å²) < 4.78 is 4.96. The zero-order valence-electron chi connectivity index (χ0n) is 9.05. The molecule has 86 valence electrons. The maximum Gasteiger partial charge on any atom is 0.229 e. The van der Waals surface area contributed by atoms with Crippen LogP contribution in [0.1, 0.15) is 11.4 Å². The molecule has 0 aromatic carbocycles. The van der Waals surface area contributed by atoms with E-state index >= 15 is 0 Å². The minimum atomic E-state index is 0.0880. The van der Waals surface area contributed by atoms with E-state index in [9.17, 15) is 4.79 Å². The smallest absolute Gasteiger partial charge is 0.229 e. The molecule has 0 bridgehead atoms. The molecule has 1 aromatic rings. The van der Waals surface area contributed by atoms with Crippen molar-refractivity contribution in [2.24, 2.45) is 5.92 Å². The lowest BCUT2D eigenvalue weighted by molar-refractivity contribution is -0.117. The van der Waals surface area contributed by atoms with Gasteiger partial charge in [-0.05, 0) is 0 Å². The van der Waals surface area contributed by atoms with Crippen LogP contribution in [-0.4, -0.2) is 29.8 Å². The lowest BCUT2D eigenvalue weighted by atomic mass is 10.1. The normalized spacial score (nSPS) is 20.4. The molecule has 1 aliphatic heterocycles. The third-order valence-corrected chi connectivity index (χ3v) is 3.36. The first-order chi connectivity index (χ1) is 7.74. The zero-order chi connectivity index (χ0) is 11.5. The zero-order valence-corrected chi connectivity index (χ0v) is 9.87.